The number of halogens is 3. The summed E-state index contributed by atoms with van der Waals surface area (Å²) in [6.45, 7) is 1.98. The number of benzene rings is 2. The Balaban J connectivity index is 1.84. The molecule has 0 bridgehead atoms. The van der Waals surface area contributed by atoms with Crippen LogP contribution in [0.5, 0.6) is 5.75 Å². The van der Waals surface area contributed by atoms with E-state index in [1.165, 1.54) is 35.6 Å². The maximum absolute atomic E-state index is 12.3. The Morgan fingerprint density at radius 3 is 2.38 bits per heavy atom. The van der Waals surface area contributed by atoms with Gasteiger partial charge in [0.25, 0.3) is 0 Å². The average Bonchev–Trinajstić information content (AvgIpc) is 3.12. The van der Waals surface area contributed by atoms with Gasteiger partial charge in [-0.3, -0.25) is 0 Å². The maximum Gasteiger partial charge on any atom is 0.573 e. The molecule has 3 rings (SSSR count). The molecule has 0 unspecified atom stereocenters. The lowest BCUT2D eigenvalue weighted by molar-refractivity contribution is -0.274. The van der Waals surface area contributed by atoms with Crippen LogP contribution in [0.15, 0.2) is 54.6 Å². The number of rotatable bonds is 6. The largest absolute Gasteiger partial charge is 0.573 e. The van der Waals surface area contributed by atoms with Crippen molar-refractivity contribution in [2.75, 3.05) is 6.61 Å². The third-order valence-corrected chi connectivity index (χ3v) is 4.68. The molecular weight excluding hydrogens is 403 g/mol. The van der Waals surface area contributed by atoms with E-state index in [-0.39, 0.29) is 12.4 Å². The summed E-state index contributed by atoms with van der Waals surface area (Å²) in [4.78, 5) is 17.2. The predicted molar refractivity (Wildman–Crippen MR) is 106 cm³/mol. The van der Waals surface area contributed by atoms with Crippen molar-refractivity contribution in [3.05, 3.63) is 70.0 Å². The molecular formula is C21H16F3NO3S. The van der Waals surface area contributed by atoms with Gasteiger partial charge in [-0.2, -0.15) is 0 Å². The van der Waals surface area contributed by atoms with Crippen molar-refractivity contribution >= 4 is 29.5 Å². The fourth-order valence-corrected chi connectivity index (χ4v) is 3.37. The molecule has 8 heteroatoms. The van der Waals surface area contributed by atoms with E-state index in [1.54, 1.807) is 19.1 Å². The minimum Gasteiger partial charge on any atom is -0.462 e. The number of alkyl halides is 3. The number of hydrogen-bond donors (Lipinski definition) is 0. The van der Waals surface area contributed by atoms with Crippen molar-refractivity contribution in [3.8, 4) is 17.0 Å². The molecule has 0 saturated carbocycles. The molecule has 29 heavy (non-hydrogen) atoms. The predicted octanol–water partition coefficient (Wildman–Crippen LogP) is 6.06. The van der Waals surface area contributed by atoms with Gasteiger partial charge in [0.2, 0.25) is 0 Å². The van der Waals surface area contributed by atoms with Crippen LogP contribution in [0.25, 0.3) is 23.4 Å². The number of thiazole rings is 1. The van der Waals surface area contributed by atoms with E-state index in [4.69, 9.17) is 4.74 Å². The number of carbonyl (C=O) groups excluding carboxylic acids is 1. The molecule has 4 nitrogen and oxygen atoms in total. The monoisotopic (exact) mass is 419 g/mol. The molecule has 0 aliphatic carbocycles. The number of aromatic nitrogens is 1. The normalized spacial score (nSPS) is 11.6. The topological polar surface area (TPSA) is 48.4 Å². The first-order chi connectivity index (χ1) is 13.9. The number of esters is 1. The molecule has 1 heterocycles. The number of carbonyl (C=O) groups is 1. The fourth-order valence-electron chi connectivity index (χ4n) is 2.48. The van der Waals surface area contributed by atoms with E-state index in [0.717, 1.165) is 5.56 Å². The maximum atomic E-state index is 12.3. The zero-order valence-electron chi connectivity index (χ0n) is 15.3. The molecule has 0 spiro atoms. The summed E-state index contributed by atoms with van der Waals surface area (Å²) in [5.41, 5.74) is 1.98. The third-order valence-electron chi connectivity index (χ3n) is 3.68. The van der Waals surface area contributed by atoms with E-state index >= 15 is 0 Å². The first kappa shape index (κ1) is 20.6. The van der Waals surface area contributed by atoms with Gasteiger partial charge in [0.15, 0.2) is 0 Å². The Bertz CT molecular complexity index is 996. The summed E-state index contributed by atoms with van der Waals surface area (Å²) in [6.07, 6.45) is -1.34. The van der Waals surface area contributed by atoms with Crippen molar-refractivity contribution in [1.82, 2.24) is 4.98 Å². The first-order valence-corrected chi connectivity index (χ1v) is 9.44. The van der Waals surface area contributed by atoms with Crippen molar-refractivity contribution in [2.24, 2.45) is 0 Å². The second kappa shape index (κ2) is 8.91. The molecule has 150 valence electrons. The number of nitrogens with zero attached hydrogens (tertiary/aromatic N) is 1. The van der Waals surface area contributed by atoms with Gasteiger partial charge in [-0.25, -0.2) is 9.78 Å². The Hall–Kier alpha value is -3.13. The fraction of sp³-hybridized carbons (Fsp3) is 0.143. The Morgan fingerprint density at radius 1 is 1.07 bits per heavy atom. The second-order valence-corrected chi connectivity index (χ2v) is 6.80. The number of hydrogen-bond acceptors (Lipinski definition) is 5. The van der Waals surface area contributed by atoms with Crippen LogP contribution in [-0.2, 0) is 4.74 Å². The van der Waals surface area contributed by atoms with Gasteiger partial charge in [-0.15, -0.1) is 24.5 Å². The van der Waals surface area contributed by atoms with Crippen molar-refractivity contribution < 1.29 is 27.4 Å². The van der Waals surface area contributed by atoms with Crippen LogP contribution < -0.4 is 4.74 Å². The zero-order valence-corrected chi connectivity index (χ0v) is 16.1. The number of ether oxygens (including phenoxy) is 2. The molecule has 1 aromatic heterocycles. The highest BCUT2D eigenvalue weighted by atomic mass is 32.1. The van der Waals surface area contributed by atoms with Gasteiger partial charge in [-0.05, 0) is 30.7 Å². The van der Waals surface area contributed by atoms with Crippen LogP contribution in [0.2, 0.25) is 0 Å². The van der Waals surface area contributed by atoms with Crippen LogP contribution >= 0.6 is 11.3 Å². The van der Waals surface area contributed by atoms with Gasteiger partial charge in [0, 0.05) is 5.56 Å². The highest BCUT2D eigenvalue weighted by Gasteiger charge is 2.30. The van der Waals surface area contributed by atoms with Crippen molar-refractivity contribution in [3.63, 3.8) is 0 Å². The summed E-state index contributed by atoms with van der Waals surface area (Å²) in [5, 5.41) is 0.572. The Kier molecular flexibility index (Phi) is 6.33. The Morgan fingerprint density at radius 2 is 1.76 bits per heavy atom. The molecule has 0 fully saturated rings. The zero-order chi connectivity index (χ0) is 20.9. The van der Waals surface area contributed by atoms with E-state index in [2.05, 4.69) is 9.72 Å². The SMILES string of the molecule is CCOC(=O)c1sc(/C=C/c2ccc(OC(F)(F)F)cc2)nc1-c1ccccc1. The van der Waals surface area contributed by atoms with Crippen LogP contribution in [0, 0.1) is 0 Å². The van der Waals surface area contributed by atoms with Gasteiger partial charge in [0.1, 0.15) is 15.6 Å². The van der Waals surface area contributed by atoms with E-state index in [1.807, 2.05) is 30.3 Å². The first-order valence-electron chi connectivity index (χ1n) is 8.63. The molecule has 0 N–H and O–H groups in total. The van der Waals surface area contributed by atoms with E-state index < -0.39 is 12.3 Å². The summed E-state index contributed by atoms with van der Waals surface area (Å²) in [5.74, 6) is -0.739. The summed E-state index contributed by atoms with van der Waals surface area (Å²) < 4.78 is 45.7. The quantitative estimate of drug-likeness (QED) is 0.456. The minimum atomic E-state index is -4.73. The molecule has 0 radical (unpaired) electrons. The second-order valence-electron chi connectivity index (χ2n) is 5.77. The lowest BCUT2D eigenvalue weighted by Crippen LogP contribution is -2.16. The molecule has 0 amide bonds. The smallest absolute Gasteiger partial charge is 0.462 e. The van der Waals surface area contributed by atoms with E-state index in [9.17, 15) is 18.0 Å². The Labute approximate surface area is 169 Å². The third kappa shape index (κ3) is 5.68. The molecule has 0 aliphatic heterocycles. The lowest BCUT2D eigenvalue weighted by Gasteiger charge is -2.08. The molecule has 0 atom stereocenters. The van der Waals surface area contributed by atoms with Crippen molar-refractivity contribution in [1.29, 1.82) is 0 Å². The van der Waals surface area contributed by atoms with Crippen LogP contribution in [-0.4, -0.2) is 23.9 Å². The molecule has 3 aromatic rings. The standard InChI is InChI=1S/C21H16F3NO3S/c1-2-27-20(26)19-18(15-6-4-3-5-7-15)25-17(29-19)13-10-14-8-11-16(12-9-14)28-21(22,23)24/h3-13H,2H2,1H3/b13-10+. The van der Waals surface area contributed by atoms with Gasteiger partial charge >= 0.3 is 12.3 Å². The highest BCUT2D eigenvalue weighted by molar-refractivity contribution is 7.15. The van der Waals surface area contributed by atoms with Gasteiger partial charge < -0.3 is 9.47 Å². The minimum absolute atomic E-state index is 0.252. The summed E-state index contributed by atoms with van der Waals surface area (Å²) >= 11 is 1.19. The van der Waals surface area contributed by atoms with Crippen molar-refractivity contribution in [2.45, 2.75) is 13.3 Å². The van der Waals surface area contributed by atoms with E-state index in [0.29, 0.717) is 21.1 Å². The van der Waals surface area contributed by atoms with Crippen LogP contribution in [0.4, 0.5) is 13.2 Å². The highest BCUT2D eigenvalue weighted by Crippen LogP contribution is 2.30. The average molecular weight is 419 g/mol. The summed E-state index contributed by atoms with van der Waals surface area (Å²) in [6, 6.07) is 14.7. The van der Waals surface area contributed by atoms with Gasteiger partial charge in [-0.1, -0.05) is 48.5 Å². The molecule has 0 aliphatic rings. The van der Waals surface area contributed by atoms with Crippen LogP contribution in [0.3, 0.4) is 0 Å². The lowest BCUT2D eigenvalue weighted by atomic mass is 10.1. The summed E-state index contributed by atoms with van der Waals surface area (Å²) in [7, 11) is 0. The molecule has 0 saturated heterocycles. The molecule has 2 aromatic carbocycles. The van der Waals surface area contributed by atoms with Crippen LogP contribution in [0.1, 0.15) is 27.2 Å². The van der Waals surface area contributed by atoms with Gasteiger partial charge in [0.05, 0.1) is 12.3 Å².